The molecule has 1 saturated heterocycles. The van der Waals surface area contributed by atoms with Crippen molar-refractivity contribution in [1.82, 2.24) is 15.3 Å². The molecule has 0 bridgehead atoms. The second-order valence-electron chi connectivity index (χ2n) is 11.4. The first-order chi connectivity index (χ1) is 19.5. The first-order valence-electron chi connectivity index (χ1n) is 13.9. The molecule has 0 unspecified atom stereocenters. The van der Waals surface area contributed by atoms with Crippen LogP contribution >= 0.6 is 11.3 Å². The number of amides is 2. The summed E-state index contributed by atoms with van der Waals surface area (Å²) in [6.07, 6.45) is 3.39. The fraction of sp³-hybridized carbons (Fsp3) is 0.344. The van der Waals surface area contributed by atoms with Gasteiger partial charge < -0.3 is 20.4 Å². The van der Waals surface area contributed by atoms with E-state index in [-0.39, 0.29) is 17.2 Å². The number of hydrogen-bond acceptors (Lipinski definition) is 7. The van der Waals surface area contributed by atoms with Crippen molar-refractivity contribution in [1.29, 1.82) is 0 Å². The zero-order valence-corrected chi connectivity index (χ0v) is 24.8. The van der Waals surface area contributed by atoms with Crippen LogP contribution in [-0.2, 0) is 5.60 Å². The molecule has 1 fully saturated rings. The van der Waals surface area contributed by atoms with E-state index in [0.717, 1.165) is 69.2 Å². The van der Waals surface area contributed by atoms with Crippen LogP contribution in [0.3, 0.4) is 0 Å². The number of anilines is 2. The molecule has 1 aliphatic heterocycles. The summed E-state index contributed by atoms with van der Waals surface area (Å²) in [5, 5.41) is 27.9. The largest absolute Gasteiger partial charge is 0.512 e. The van der Waals surface area contributed by atoms with Gasteiger partial charge in [-0.05, 0) is 81.0 Å². The van der Waals surface area contributed by atoms with Crippen molar-refractivity contribution in [2.45, 2.75) is 46.1 Å². The molecule has 0 spiro atoms. The van der Waals surface area contributed by atoms with Gasteiger partial charge in [-0.1, -0.05) is 25.6 Å². The number of nitrogens with zero attached hydrogens (tertiary/aromatic N) is 3. The quantitative estimate of drug-likeness (QED) is 0.177. The Balaban J connectivity index is 1.55. The summed E-state index contributed by atoms with van der Waals surface area (Å²) in [6, 6.07) is 15.8. The number of rotatable bonds is 7. The molecule has 214 valence electrons. The van der Waals surface area contributed by atoms with Crippen LogP contribution in [0.2, 0.25) is 0 Å². The van der Waals surface area contributed by atoms with E-state index in [2.05, 4.69) is 46.2 Å². The van der Waals surface area contributed by atoms with Crippen LogP contribution in [0.25, 0.3) is 32.5 Å². The molecule has 1 aliphatic rings. The Bertz CT molecular complexity index is 1580. The molecule has 0 saturated carbocycles. The number of thiophene rings is 1. The lowest BCUT2D eigenvalue weighted by molar-refractivity contribution is 0.0739. The first kappa shape index (κ1) is 28.6. The van der Waals surface area contributed by atoms with Gasteiger partial charge in [0.05, 0.1) is 22.1 Å². The van der Waals surface area contributed by atoms with Crippen LogP contribution < -0.4 is 15.5 Å². The van der Waals surface area contributed by atoms with E-state index < -0.39 is 5.60 Å². The van der Waals surface area contributed by atoms with Crippen LogP contribution in [0, 0.1) is 5.41 Å². The highest BCUT2D eigenvalue weighted by molar-refractivity contribution is 7.23. The van der Waals surface area contributed by atoms with Crippen molar-refractivity contribution in [3.63, 3.8) is 0 Å². The predicted molar refractivity (Wildman–Crippen MR) is 168 cm³/mol. The number of benzene rings is 1. The number of nitrogens with one attached hydrogen (secondary N) is 2. The molecular formula is C32H37N5O3S. The monoisotopic (exact) mass is 571 g/mol. The van der Waals surface area contributed by atoms with E-state index in [1.807, 2.05) is 43.3 Å². The highest BCUT2D eigenvalue weighted by Gasteiger charge is 2.33. The molecule has 4 heterocycles. The number of carbonyl (C=O) groups excluding carboxylic acids is 1. The first-order valence-corrected chi connectivity index (χ1v) is 14.7. The number of carbonyl (C=O) groups is 1. The van der Waals surface area contributed by atoms with E-state index in [9.17, 15) is 15.0 Å². The predicted octanol–water partition coefficient (Wildman–Crippen LogP) is 7.07. The van der Waals surface area contributed by atoms with Gasteiger partial charge in [0, 0.05) is 47.1 Å². The van der Waals surface area contributed by atoms with Crippen LogP contribution in [0.4, 0.5) is 15.6 Å². The summed E-state index contributed by atoms with van der Waals surface area (Å²) in [4.78, 5) is 24.1. The Morgan fingerprint density at radius 3 is 2.54 bits per heavy atom. The highest BCUT2D eigenvalue weighted by atomic mass is 32.1. The third kappa shape index (κ3) is 6.06. The maximum absolute atomic E-state index is 12.3. The molecule has 41 heavy (non-hydrogen) atoms. The topological polar surface area (TPSA) is 111 Å². The fourth-order valence-electron chi connectivity index (χ4n) is 5.08. The molecule has 2 amide bonds. The van der Waals surface area contributed by atoms with Crippen molar-refractivity contribution in [2.75, 3.05) is 29.9 Å². The molecule has 5 rings (SSSR count). The number of aliphatic hydroxyl groups is 2. The Labute approximate surface area is 244 Å². The Morgan fingerprint density at radius 1 is 1.15 bits per heavy atom. The van der Waals surface area contributed by atoms with Gasteiger partial charge in [0.25, 0.3) is 0 Å². The number of fused-ring (bicyclic) bond motifs is 1. The van der Waals surface area contributed by atoms with Crippen molar-refractivity contribution in [3.8, 4) is 22.4 Å². The average molecular weight is 572 g/mol. The van der Waals surface area contributed by atoms with Crippen molar-refractivity contribution >= 4 is 38.3 Å². The van der Waals surface area contributed by atoms with Crippen molar-refractivity contribution in [3.05, 3.63) is 72.8 Å². The van der Waals surface area contributed by atoms with Gasteiger partial charge in [-0.25, -0.2) is 9.78 Å². The van der Waals surface area contributed by atoms with Gasteiger partial charge in [-0.2, -0.15) is 0 Å². The van der Waals surface area contributed by atoms with Crippen molar-refractivity contribution < 1.29 is 15.0 Å². The average Bonchev–Trinajstić information content (AvgIpc) is 3.35. The summed E-state index contributed by atoms with van der Waals surface area (Å²) in [6.45, 7) is 13.3. The van der Waals surface area contributed by atoms with Crippen LogP contribution in [0.15, 0.2) is 67.1 Å². The molecule has 1 aromatic carbocycles. The van der Waals surface area contributed by atoms with E-state index >= 15 is 0 Å². The summed E-state index contributed by atoms with van der Waals surface area (Å²) in [7, 11) is 0. The standard InChI is InChI=1S/C32H37N5O3S/c1-6-33-30(39)36-28-18-23-16-22(21-10-11-26(34-19-21)31(3,4)40)17-24(29(23)41-28)25-8-7-9-27(35-25)37-14-12-32(5,13-15-37)20(2)38/h7-11,16-19,38,40H,2,6,12-15H2,1,3-5H3,(H2,33,36,39). The number of aliphatic hydroxyl groups excluding tert-OH is 1. The minimum absolute atomic E-state index is 0.241. The molecule has 0 aliphatic carbocycles. The fourth-order valence-corrected chi connectivity index (χ4v) is 6.14. The van der Waals surface area contributed by atoms with E-state index in [1.165, 1.54) is 11.3 Å². The third-order valence-corrected chi connectivity index (χ3v) is 8.91. The van der Waals surface area contributed by atoms with Gasteiger partial charge in [-0.15, -0.1) is 11.3 Å². The Hall–Kier alpha value is -3.95. The number of hydrogen-bond donors (Lipinski definition) is 4. The third-order valence-electron chi connectivity index (χ3n) is 7.81. The number of allylic oxidation sites excluding steroid dienone is 1. The lowest BCUT2D eigenvalue weighted by Gasteiger charge is -2.39. The molecule has 8 nitrogen and oxygen atoms in total. The van der Waals surface area contributed by atoms with E-state index in [0.29, 0.717) is 12.2 Å². The summed E-state index contributed by atoms with van der Waals surface area (Å²) in [5.74, 6) is 1.14. The number of pyridine rings is 2. The second kappa shape index (κ2) is 11.1. The molecule has 0 radical (unpaired) electrons. The minimum atomic E-state index is -1.03. The van der Waals surface area contributed by atoms with E-state index in [4.69, 9.17) is 4.98 Å². The summed E-state index contributed by atoms with van der Waals surface area (Å²) in [5.41, 5.74) is 2.98. The van der Waals surface area contributed by atoms with Gasteiger partial charge in [0.2, 0.25) is 0 Å². The zero-order chi connectivity index (χ0) is 29.4. The highest BCUT2D eigenvalue weighted by Crippen LogP contribution is 2.41. The Kier molecular flexibility index (Phi) is 7.76. The normalized spacial score (nSPS) is 15.1. The van der Waals surface area contributed by atoms with Crippen LogP contribution in [0.5, 0.6) is 0 Å². The lowest BCUT2D eigenvalue weighted by atomic mass is 9.79. The minimum Gasteiger partial charge on any atom is -0.512 e. The number of urea groups is 1. The molecular weight excluding hydrogens is 534 g/mol. The van der Waals surface area contributed by atoms with Gasteiger partial charge in [0.1, 0.15) is 11.4 Å². The smallest absolute Gasteiger partial charge is 0.319 e. The molecule has 0 atom stereocenters. The van der Waals surface area contributed by atoms with Crippen LogP contribution in [0.1, 0.15) is 46.2 Å². The molecule has 3 aromatic heterocycles. The number of aromatic nitrogens is 2. The maximum Gasteiger partial charge on any atom is 0.319 e. The van der Waals surface area contributed by atoms with Crippen LogP contribution in [-0.4, -0.2) is 45.8 Å². The van der Waals surface area contributed by atoms with Gasteiger partial charge >= 0.3 is 6.03 Å². The van der Waals surface area contributed by atoms with E-state index in [1.54, 1.807) is 20.0 Å². The SMILES string of the molecule is C=C(O)C1(C)CCN(c2cccc(-c3cc(-c4ccc(C(C)(C)O)nc4)cc4cc(NC(=O)NCC)sc34)n2)CC1. The Morgan fingerprint density at radius 2 is 1.90 bits per heavy atom. The summed E-state index contributed by atoms with van der Waals surface area (Å²) >= 11 is 1.52. The molecule has 4 aromatic rings. The zero-order valence-electron chi connectivity index (χ0n) is 24.0. The number of piperidine rings is 1. The van der Waals surface area contributed by atoms with Gasteiger partial charge in [0.15, 0.2) is 0 Å². The molecule has 9 heteroatoms. The second-order valence-corrected chi connectivity index (χ2v) is 12.5. The molecule has 4 N–H and O–H groups in total. The summed E-state index contributed by atoms with van der Waals surface area (Å²) < 4.78 is 1.02. The maximum atomic E-state index is 12.3. The van der Waals surface area contributed by atoms with Gasteiger partial charge in [-0.3, -0.25) is 10.3 Å². The lowest BCUT2D eigenvalue weighted by Crippen LogP contribution is -2.39. The van der Waals surface area contributed by atoms with Crippen molar-refractivity contribution in [2.24, 2.45) is 5.41 Å².